The lowest BCUT2D eigenvalue weighted by Gasteiger charge is -2.02. The van der Waals surface area contributed by atoms with Crippen molar-refractivity contribution in [1.29, 1.82) is 0 Å². The van der Waals surface area contributed by atoms with Gasteiger partial charge in [0, 0.05) is 6.42 Å². The smallest absolute Gasteiger partial charge is 0.138 e. The molecule has 1 atom stereocenters. The van der Waals surface area contributed by atoms with Crippen LogP contribution in [0.2, 0.25) is 0 Å². The molecule has 2 heteroatoms. The van der Waals surface area contributed by atoms with Crippen molar-refractivity contribution >= 4 is 0 Å². The van der Waals surface area contributed by atoms with Crippen molar-refractivity contribution in [3.05, 3.63) is 35.9 Å². The molecule has 0 aromatic heterocycles. The highest BCUT2D eigenvalue weighted by molar-refractivity contribution is 5.15. The van der Waals surface area contributed by atoms with Crippen molar-refractivity contribution in [1.82, 2.24) is 0 Å². The van der Waals surface area contributed by atoms with E-state index in [-0.39, 0.29) is 0 Å². The van der Waals surface area contributed by atoms with Crippen molar-refractivity contribution in [2.24, 2.45) is 0 Å². The highest BCUT2D eigenvalue weighted by Gasteiger charge is 2.05. The molecule has 0 aliphatic rings. The van der Waals surface area contributed by atoms with Crippen LogP contribution in [-0.2, 0) is 6.42 Å². The Labute approximate surface area is 67.2 Å². The van der Waals surface area contributed by atoms with Crippen LogP contribution >= 0.6 is 0 Å². The van der Waals surface area contributed by atoms with Crippen LogP contribution in [0.15, 0.2) is 30.3 Å². The zero-order valence-corrected chi connectivity index (χ0v) is 6.79. The molecule has 0 aliphatic carbocycles. The SMILES string of the molecule is [NH3+]CC([NH3+])Cc1ccccc1. The van der Waals surface area contributed by atoms with Gasteiger partial charge in [0.05, 0.1) is 0 Å². The molecule has 1 rings (SSSR count). The quantitative estimate of drug-likeness (QED) is 0.563. The number of hydrogen-bond acceptors (Lipinski definition) is 0. The molecular weight excluding hydrogens is 136 g/mol. The first kappa shape index (κ1) is 8.24. The van der Waals surface area contributed by atoms with Gasteiger partial charge in [0.2, 0.25) is 0 Å². The summed E-state index contributed by atoms with van der Waals surface area (Å²) in [6.07, 6.45) is 1.05. The highest BCUT2D eigenvalue weighted by Crippen LogP contribution is 1.99. The van der Waals surface area contributed by atoms with Crippen LogP contribution in [0, 0.1) is 0 Å². The second kappa shape index (κ2) is 4.11. The van der Waals surface area contributed by atoms with E-state index in [0.29, 0.717) is 6.04 Å². The lowest BCUT2D eigenvalue weighted by molar-refractivity contribution is -0.492. The van der Waals surface area contributed by atoms with Crippen LogP contribution in [0.1, 0.15) is 5.56 Å². The molecule has 0 saturated carbocycles. The highest BCUT2D eigenvalue weighted by atomic mass is 14.7. The van der Waals surface area contributed by atoms with Crippen molar-refractivity contribution in [2.75, 3.05) is 6.54 Å². The Morgan fingerprint density at radius 1 is 1.18 bits per heavy atom. The monoisotopic (exact) mass is 152 g/mol. The zero-order valence-electron chi connectivity index (χ0n) is 6.79. The third kappa shape index (κ3) is 2.70. The van der Waals surface area contributed by atoms with Crippen LogP contribution in [0.5, 0.6) is 0 Å². The van der Waals surface area contributed by atoms with E-state index in [4.69, 9.17) is 0 Å². The summed E-state index contributed by atoms with van der Waals surface area (Å²) in [5.74, 6) is 0. The Kier molecular flexibility index (Phi) is 3.08. The van der Waals surface area contributed by atoms with Gasteiger partial charge in [0.25, 0.3) is 0 Å². The first-order chi connectivity index (χ1) is 5.33. The van der Waals surface area contributed by atoms with Gasteiger partial charge in [-0.25, -0.2) is 0 Å². The number of rotatable bonds is 3. The summed E-state index contributed by atoms with van der Waals surface area (Å²) in [6, 6.07) is 10.9. The Morgan fingerprint density at radius 3 is 2.36 bits per heavy atom. The third-order valence-electron chi connectivity index (χ3n) is 1.78. The number of benzene rings is 1. The molecule has 0 amide bonds. The zero-order chi connectivity index (χ0) is 8.10. The molecule has 6 N–H and O–H groups in total. The van der Waals surface area contributed by atoms with Gasteiger partial charge in [-0.2, -0.15) is 0 Å². The molecule has 1 aromatic carbocycles. The van der Waals surface area contributed by atoms with E-state index in [1.807, 2.05) is 6.07 Å². The number of hydrogen-bond donors (Lipinski definition) is 2. The van der Waals surface area contributed by atoms with Crippen molar-refractivity contribution in [2.45, 2.75) is 12.5 Å². The summed E-state index contributed by atoms with van der Waals surface area (Å²) in [5.41, 5.74) is 9.17. The minimum atomic E-state index is 0.456. The van der Waals surface area contributed by atoms with Gasteiger partial charge >= 0.3 is 0 Å². The molecule has 60 valence electrons. The largest absolute Gasteiger partial charge is 0.353 e. The molecule has 0 heterocycles. The second-order valence-corrected chi connectivity index (χ2v) is 2.84. The fraction of sp³-hybridized carbons (Fsp3) is 0.333. The molecule has 11 heavy (non-hydrogen) atoms. The van der Waals surface area contributed by atoms with E-state index < -0.39 is 0 Å². The average Bonchev–Trinajstić information content (AvgIpc) is 2.06. The van der Waals surface area contributed by atoms with E-state index in [1.165, 1.54) is 5.56 Å². The van der Waals surface area contributed by atoms with E-state index in [2.05, 4.69) is 35.7 Å². The first-order valence-corrected chi connectivity index (χ1v) is 3.99. The van der Waals surface area contributed by atoms with Gasteiger partial charge in [0.15, 0.2) is 0 Å². The van der Waals surface area contributed by atoms with Gasteiger partial charge in [-0.05, 0) is 5.56 Å². The summed E-state index contributed by atoms with van der Waals surface area (Å²) in [4.78, 5) is 0. The minimum Gasteiger partial charge on any atom is -0.353 e. The van der Waals surface area contributed by atoms with E-state index in [1.54, 1.807) is 0 Å². The molecule has 1 aromatic rings. The first-order valence-electron chi connectivity index (χ1n) is 3.99. The molecular formula is C9H16N2+2. The van der Waals surface area contributed by atoms with Gasteiger partial charge in [-0.3, -0.25) is 0 Å². The van der Waals surface area contributed by atoms with Gasteiger partial charge in [-0.15, -0.1) is 0 Å². The summed E-state index contributed by atoms with van der Waals surface area (Å²) in [6.45, 7) is 0.912. The van der Waals surface area contributed by atoms with Crippen LogP contribution in [-0.4, -0.2) is 12.6 Å². The van der Waals surface area contributed by atoms with Gasteiger partial charge in [0.1, 0.15) is 12.6 Å². The molecule has 1 unspecified atom stereocenters. The van der Waals surface area contributed by atoms with Gasteiger partial charge < -0.3 is 11.5 Å². The van der Waals surface area contributed by atoms with Crippen molar-refractivity contribution in [3.8, 4) is 0 Å². The lowest BCUT2D eigenvalue weighted by Crippen LogP contribution is -2.73. The van der Waals surface area contributed by atoms with Crippen LogP contribution < -0.4 is 11.5 Å². The fourth-order valence-electron chi connectivity index (χ4n) is 1.05. The predicted molar refractivity (Wildman–Crippen MR) is 44.6 cm³/mol. The Morgan fingerprint density at radius 2 is 1.82 bits per heavy atom. The summed E-state index contributed by atoms with van der Waals surface area (Å²) < 4.78 is 0. The Bertz CT molecular complexity index is 196. The fourth-order valence-corrected chi connectivity index (χ4v) is 1.05. The second-order valence-electron chi connectivity index (χ2n) is 2.84. The van der Waals surface area contributed by atoms with E-state index >= 15 is 0 Å². The average molecular weight is 152 g/mol. The molecule has 0 fully saturated rings. The Balaban J connectivity index is 2.51. The van der Waals surface area contributed by atoms with Gasteiger partial charge in [-0.1, -0.05) is 30.3 Å². The molecule has 0 saturated heterocycles. The van der Waals surface area contributed by atoms with Crippen LogP contribution in [0.25, 0.3) is 0 Å². The van der Waals surface area contributed by atoms with Crippen LogP contribution in [0.4, 0.5) is 0 Å². The molecule has 0 bridgehead atoms. The maximum atomic E-state index is 3.99. The maximum absolute atomic E-state index is 3.99. The maximum Gasteiger partial charge on any atom is 0.138 e. The van der Waals surface area contributed by atoms with Crippen LogP contribution in [0.3, 0.4) is 0 Å². The van der Waals surface area contributed by atoms with Crippen molar-refractivity contribution < 1.29 is 11.5 Å². The molecule has 0 spiro atoms. The summed E-state index contributed by atoms with van der Waals surface area (Å²) >= 11 is 0. The molecule has 2 nitrogen and oxygen atoms in total. The predicted octanol–water partition coefficient (Wildman–Crippen LogP) is -0.918. The summed E-state index contributed by atoms with van der Waals surface area (Å²) in [5, 5.41) is 0. The van der Waals surface area contributed by atoms with E-state index in [0.717, 1.165) is 13.0 Å². The molecule has 0 radical (unpaired) electrons. The minimum absolute atomic E-state index is 0.456. The standard InChI is InChI=1S/C9H14N2/c10-7-9(11)6-8-4-2-1-3-5-8/h1-5,9H,6-7,10-11H2/p+2. The normalized spacial score (nSPS) is 12.9. The molecule has 0 aliphatic heterocycles. The third-order valence-corrected chi connectivity index (χ3v) is 1.78. The number of quaternary nitrogens is 2. The Hall–Kier alpha value is -0.860. The van der Waals surface area contributed by atoms with Crippen molar-refractivity contribution in [3.63, 3.8) is 0 Å². The lowest BCUT2D eigenvalue weighted by atomic mass is 10.1. The summed E-state index contributed by atoms with van der Waals surface area (Å²) in [7, 11) is 0. The van der Waals surface area contributed by atoms with E-state index in [9.17, 15) is 0 Å². The topological polar surface area (TPSA) is 55.3 Å².